The van der Waals surface area contributed by atoms with E-state index >= 15 is 0 Å². The molecule has 6 nitrogen and oxygen atoms in total. The van der Waals surface area contributed by atoms with Gasteiger partial charge in [0.15, 0.2) is 0 Å². The molecule has 0 aliphatic carbocycles. The molecule has 3 unspecified atom stereocenters. The van der Waals surface area contributed by atoms with Gasteiger partial charge in [-0.25, -0.2) is 0 Å². The van der Waals surface area contributed by atoms with Crippen molar-refractivity contribution >= 4 is 11.6 Å². The number of nitro benzene ring substituents is 1. The number of para-hydroxylation sites is 1. The van der Waals surface area contributed by atoms with Gasteiger partial charge in [-0.3, -0.25) is 14.9 Å². The fourth-order valence-corrected chi connectivity index (χ4v) is 3.54. The summed E-state index contributed by atoms with van der Waals surface area (Å²) in [5.41, 5.74) is 0.651. The number of rotatable bonds is 4. The third-order valence-corrected chi connectivity index (χ3v) is 4.59. The fourth-order valence-electron chi connectivity index (χ4n) is 3.54. The minimum absolute atomic E-state index is 0.0246. The first-order valence-corrected chi connectivity index (χ1v) is 7.29. The minimum Gasteiger partial charge on any atom is -0.341 e. The zero-order valence-electron chi connectivity index (χ0n) is 12.0. The molecular weight excluding hydrogens is 270 g/mol. The van der Waals surface area contributed by atoms with Gasteiger partial charge >= 0.3 is 0 Å². The standard InChI is InChI=1S/C15H19N3O3/c1-17(9-10-4-2-3-5-14(10)18(20)21)15(19)12-8-11-6-7-13(12)16-11/h2-5,11-13,16H,6-9H2,1H3. The Morgan fingerprint density at radius 1 is 1.43 bits per heavy atom. The molecule has 1 aromatic carbocycles. The summed E-state index contributed by atoms with van der Waals surface area (Å²) < 4.78 is 0. The van der Waals surface area contributed by atoms with E-state index in [1.54, 1.807) is 30.1 Å². The first-order valence-electron chi connectivity index (χ1n) is 7.29. The van der Waals surface area contributed by atoms with Crippen LogP contribution in [0.2, 0.25) is 0 Å². The van der Waals surface area contributed by atoms with Crippen LogP contribution in [-0.4, -0.2) is 34.9 Å². The molecular formula is C15H19N3O3. The number of amides is 1. The smallest absolute Gasteiger partial charge is 0.274 e. The van der Waals surface area contributed by atoms with E-state index in [2.05, 4.69) is 5.32 Å². The van der Waals surface area contributed by atoms with Crippen molar-refractivity contribution in [1.29, 1.82) is 0 Å². The van der Waals surface area contributed by atoms with Crippen molar-refractivity contribution in [3.05, 3.63) is 39.9 Å². The number of benzene rings is 1. The van der Waals surface area contributed by atoms with Crippen molar-refractivity contribution in [2.75, 3.05) is 7.05 Å². The third-order valence-electron chi connectivity index (χ3n) is 4.59. The summed E-state index contributed by atoms with van der Waals surface area (Å²) in [6, 6.07) is 7.36. The zero-order chi connectivity index (χ0) is 15.0. The summed E-state index contributed by atoms with van der Waals surface area (Å²) in [6.45, 7) is 0.282. The number of carbonyl (C=O) groups is 1. The van der Waals surface area contributed by atoms with E-state index in [1.165, 1.54) is 6.07 Å². The van der Waals surface area contributed by atoms with Crippen LogP contribution in [0.3, 0.4) is 0 Å². The average molecular weight is 289 g/mol. The Labute approximate surface area is 123 Å². The molecule has 3 rings (SSSR count). The number of carbonyl (C=O) groups excluding carboxylic acids is 1. The van der Waals surface area contributed by atoms with Crippen molar-refractivity contribution in [3.8, 4) is 0 Å². The van der Waals surface area contributed by atoms with Crippen molar-refractivity contribution < 1.29 is 9.72 Å². The van der Waals surface area contributed by atoms with Crippen LogP contribution in [-0.2, 0) is 11.3 Å². The molecule has 0 saturated carbocycles. The van der Waals surface area contributed by atoms with E-state index < -0.39 is 4.92 Å². The van der Waals surface area contributed by atoms with Gasteiger partial charge in [0.2, 0.25) is 5.91 Å². The Hall–Kier alpha value is -1.95. The number of nitro groups is 1. The van der Waals surface area contributed by atoms with Crippen LogP contribution in [0, 0.1) is 16.0 Å². The van der Waals surface area contributed by atoms with Gasteiger partial charge in [-0.1, -0.05) is 18.2 Å². The molecule has 2 fully saturated rings. The Bertz CT molecular complexity index is 575. The molecule has 2 bridgehead atoms. The molecule has 2 saturated heterocycles. The molecule has 3 atom stereocenters. The Kier molecular flexibility index (Phi) is 3.63. The SMILES string of the molecule is CN(Cc1ccccc1[N+](=O)[O-])C(=O)C1CC2CCC1N2. The lowest BCUT2D eigenvalue weighted by atomic mass is 9.88. The number of hydrogen-bond acceptors (Lipinski definition) is 4. The summed E-state index contributed by atoms with van der Waals surface area (Å²) in [4.78, 5) is 24.8. The van der Waals surface area contributed by atoms with Crippen LogP contribution in [0.4, 0.5) is 5.69 Å². The van der Waals surface area contributed by atoms with E-state index in [4.69, 9.17) is 0 Å². The maximum atomic E-state index is 12.5. The van der Waals surface area contributed by atoms with Crippen LogP contribution < -0.4 is 5.32 Å². The van der Waals surface area contributed by atoms with Gasteiger partial charge < -0.3 is 10.2 Å². The monoisotopic (exact) mass is 289 g/mol. The van der Waals surface area contributed by atoms with E-state index in [0.717, 1.165) is 19.3 Å². The Balaban J connectivity index is 1.70. The third kappa shape index (κ3) is 2.63. The molecule has 0 aromatic heterocycles. The van der Waals surface area contributed by atoms with Gasteiger partial charge in [-0.05, 0) is 19.3 Å². The van der Waals surface area contributed by atoms with Crippen LogP contribution in [0.5, 0.6) is 0 Å². The second-order valence-corrected chi connectivity index (χ2v) is 5.97. The summed E-state index contributed by atoms with van der Waals surface area (Å²) in [5, 5.41) is 14.5. The molecule has 1 amide bonds. The highest BCUT2D eigenvalue weighted by Gasteiger charge is 2.43. The lowest BCUT2D eigenvalue weighted by Crippen LogP contribution is -2.38. The second-order valence-electron chi connectivity index (χ2n) is 5.97. The Morgan fingerprint density at radius 2 is 2.19 bits per heavy atom. The number of hydrogen-bond donors (Lipinski definition) is 1. The highest BCUT2D eigenvalue weighted by Crippen LogP contribution is 2.34. The van der Waals surface area contributed by atoms with E-state index in [-0.39, 0.29) is 30.1 Å². The van der Waals surface area contributed by atoms with Crippen molar-refractivity contribution in [2.45, 2.75) is 37.9 Å². The predicted molar refractivity (Wildman–Crippen MR) is 77.6 cm³/mol. The highest BCUT2D eigenvalue weighted by atomic mass is 16.6. The lowest BCUT2D eigenvalue weighted by molar-refractivity contribution is -0.385. The first-order chi connectivity index (χ1) is 10.1. The van der Waals surface area contributed by atoms with Gasteiger partial charge in [0.05, 0.1) is 17.4 Å². The van der Waals surface area contributed by atoms with E-state index in [0.29, 0.717) is 11.6 Å². The summed E-state index contributed by atoms with van der Waals surface area (Å²) in [6.07, 6.45) is 3.10. The maximum absolute atomic E-state index is 12.5. The zero-order valence-corrected chi connectivity index (χ0v) is 12.0. The van der Waals surface area contributed by atoms with Crippen molar-refractivity contribution in [3.63, 3.8) is 0 Å². The minimum atomic E-state index is -0.396. The maximum Gasteiger partial charge on any atom is 0.274 e. The lowest BCUT2D eigenvalue weighted by Gasteiger charge is -2.25. The molecule has 2 aliphatic heterocycles. The summed E-state index contributed by atoms with van der Waals surface area (Å²) >= 11 is 0. The van der Waals surface area contributed by atoms with Gasteiger partial charge in [-0.15, -0.1) is 0 Å². The molecule has 1 N–H and O–H groups in total. The van der Waals surface area contributed by atoms with Gasteiger partial charge in [0.1, 0.15) is 0 Å². The molecule has 6 heteroatoms. The molecule has 21 heavy (non-hydrogen) atoms. The van der Waals surface area contributed by atoms with Gasteiger partial charge in [0.25, 0.3) is 5.69 Å². The summed E-state index contributed by atoms with van der Waals surface area (Å²) in [7, 11) is 1.73. The van der Waals surface area contributed by atoms with Gasteiger partial charge in [-0.2, -0.15) is 0 Å². The first kappa shape index (κ1) is 14.0. The van der Waals surface area contributed by atoms with E-state index in [1.807, 2.05) is 0 Å². The van der Waals surface area contributed by atoms with Crippen molar-refractivity contribution in [1.82, 2.24) is 10.2 Å². The normalized spacial score (nSPS) is 26.8. The largest absolute Gasteiger partial charge is 0.341 e. The van der Waals surface area contributed by atoms with Crippen LogP contribution in [0.1, 0.15) is 24.8 Å². The molecule has 0 radical (unpaired) electrons. The number of nitrogens with one attached hydrogen (secondary N) is 1. The molecule has 0 spiro atoms. The topological polar surface area (TPSA) is 75.5 Å². The highest BCUT2D eigenvalue weighted by molar-refractivity contribution is 5.80. The van der Waals surface area contributed by atoms with Crippen LogP contribution in [0.15, 0.2) is 24.3 Å². The molecule has 2 heterocycles. The summed E-state index contributed by atoms with van der Waals surface area (Å²) in [5.74, 6) is 0.115. The molecule has 1 aromatic rings. The number of nitrogens with zero attached hydrogens (tertiary/aromatic N) is 2. The van der Waals surface area contributed by atoms with E-state index in [9.17, 15) is 14.9 Å². The predicted octanol–water partition coefficient (Wildman–Crippen LogP) is 1.69. The second kappa shape index (κ2) is 5.44. The van der Waals surface area contributed by atoms with Gasteiger partial charge in [0, 0.05) is 30.8 Å². The molecule has 112 valence electrons. The van der Waals surface area contributed by atoms with Crippen LogP contribution >= 0.6 is 0 Å². The van der Waals surface area contributed by atoms with Crippen molar-refractivity contribution in [2.24, 2.45) is 5.92 Å². The average Bonchev–Trinajstić information content (AvgIpc) is 3.09. The van der Waals surface area contributed by atoms with Crippen LogP contribution in [0.25, 0.3) is 0 Å². The number of fused-ring (bicyclic) bond motifs is 2. The fraction of sp³-hybridized carbons (Fsp3) is 0.533. The Morgan fingerprint density at radius 3 is 2.81 bits per heavy atom. The molecule has 2 aliphatic rings. The quantitative estimate of drug-likeness (QED) is 0.676.